The fraction of sp³-hybridized carbons (Fsp3) is 0.588. The number of hydrogen-bond donors (Lipinski definition) is 3. The Morgan fingerprint density at radius 2 is 1.92 bits per heavy atom. The number of aliphatic hydroxyl groups is 1. The van der Waals surface area contributed by atoms with Gasteiger partial charge in [-0.1, -0.05) is 32.0 Å². The minimum atomic E-state index is -4.34. The molecule has 0 fully saturated rings. The molecule has 1 unspecified atom stereocenters. The molecule has 0 aliphatic rings. The number of alkyl halides is 3. The van der Waals surface area contributed by atoms with Gasteiger partial charge in [-0.15, -0.1) is 0 Å². The van der Waals surface area contributed by atoms with Gasteiger partial charge >= 0.3 is 12.2 Å². The summed E-state index contributed by atoms with van der Waals surface area (Å²) in [7, 11) is 0. The molecule has 3 N–H and O–H groups in total. The quantitative estimate of drug-likeness (QED) is 0.667. The van der Waals surface area contributed by atoms with Crippen molar-refractivity contribution in [3.8, 4) is 0 Å². The lowest BCUT2D eigenvalue weighted by atomic mass is 9.94. The molecule has 2 amide bonds. The fourth-order valence-electron chi connectivity index (χ4n) is 2.57. The van der Waals surface area contributed by atoms with Crippen LogP contribution in [-0.2, 0) is 6.42 Å². The zero-order valence-electron chi connectivity index (χ0n) is 14.0. The number of anilines is 1. The minimum Gasteiger partial charge on any atom is -0.396 e. The lowest BCUT2D eigenvalue weighted by Crippen LogP contribution is -2.34. The van der Waals surface area contributed by atoms with Crippen LogP contribution < -0.4 is 10.6 Å². The molecule has 0 spiro atoms. The van der Waals surface area contributed by atoms with E-state index in [0.717, 1.165) is 6.42 Å². The van der Waals surface area contributed by atoms with Crippen molar-refractivity contribution in [2.45, 2.75) is 39.3 Å². The molecule has 1 rings (SSSR count). The van der Waals surface area contributed by atoms with Gasteiger partial charge in [0.05, 0.1) is 6.42 Å². The van der Waals surface area contributed by atoms with Gasteiger partial charge in [-0.2, -0.15) is 13.2 Å². The lowest BCUT2D eigenvalue weighted by molar-refractivity contribution is -0.127. The first-order chi connectivity index (χ1) is 11.2. The van der Waals surface area contributed by atoms with E-state index < -0.39 is 18.6 Å². The summed E-state index contributed by atoms with van der Waals surface area (Å²) in [5.74, 6) is 0.560. The maximum Gasteiger partial charge on any atom is 0.393 e. The molecular formula is C17H25F3N2O2. The van der Waals surface area contributed by atoms with E-state index in [0.29, 0.717) is 18.9 Å². The highest BCUT2D eigenvalue weighted by Gasteiger charge is 2.29. The summed E-state index contributed by atoms with van der Waals surface area (Å²) in [5.41, 5.74) is 0.170. The van der Waals surface area contributed by atoms with E-state index >= 15 is 0 Å². The molecule has 0 heterocycles. The van der Waals surface area contributed by atoms with Crippen molar-refractivity contribution in [3.05, 3.63) is 29.8 Å². The summed E-state index contributed by atoms with van der Waals surface area (Å²) in [6.45, 7) is 4.51. The summed E-state index contributed by atoms with van der Waals surface area (Å²) in [6.07, 6.45) is -4.00. The first-order valence-electron chi connectivity index (χ1n) is 8.01. The highest BCUT2D eigenvalue weighted by Crippen LogP contribution is 2.26. The minimum absolute atomic E-state index is 0.0224. The van der Waals surface area contributed by atoms with E-state index in [1.54, 1.807) is 6.07 Å². The Hall–Kier alpha value is -1.76. The Labute approximate surface area is 140 Å². The van der Waals surface area contributed by atoms with Gasteiger partial charge in [-0.3, -0.25) is 0 Å². The topological polar surface area (TPSA) is 61.4 Å². The van der Waals surface area contributed by atoms with Crippen LogP contribution in [0.2, 0.25) is 0 Å². The third kappa shape index (κ3) is 8.19. The number of carbonyl (C=O) groups excluding carboxylic acids is 1. The summed E-state index contributed by atoms with van der Waals surface area (Å²) in [4.78, 5) is 12.0. The molecule has 136 valence electrons. The number of rotatable bonds is 8. The smallest absolute Gasteiger partial charge is 0.393 e. The van der Waals surface area contributed by atoms with E-state index in [4.69, 9.17) is 5.11 Å². The van der Waals surface area contributed by atoms with E-state index in [-0.39, 0.29) is 23.8 Å². The van der Waals surface area contributed by atoms with E-state index in [1.165, 1.54) is 18.2 Å². The van der Waals surface area contributed by atoms with Gasteiger partial charge < -0.3 is 15.7 Å². The monoisotopic (exact) mass is 346 g/mol. The van der Waals surface area contributed by atoms with Gasteiger partial charge in [0.1, 0.15) is 0 Å². The molecule has 24 heavy (non-hydrogen) atoms. The molecule has 0 radical (unpaired) electrons. The summed E-state index contributed by atoms with van der Waals surface area (Å²) < 4.78 is 37.7. The van der Waals surface area contributed by atoms with Crippen molar-refractivity contribution in [2.75, 3.05) is 18.5 Å². The van der Waals surface area contributed by atoms with Crippen molar-refractivity contribution in [3.63, 3.8) is 0 Å². The first kappa shape index (κ1) is 20.3. The van der Waals surface area contributed by atoms with Crippen LogP contribution in [0.3, 0.4) is 0 Å². The normalized spacial score (nSPS) is 13.0. The number of urea groups is 1. The van der Waals surface area contributed by atoms with Gasteiger partial charge in [0.25, 0.3) is 0 Å². The average Bonchev–Trinajstić information content (AvgIpc) is 2.45. The van der Waals surface area contributed by atoms with Gasteiger partial charge in [0.2, 0.25) is 0 Å². The van der Waals surface area contributed by atoms with Crippen LogP contribution in [0.5, 0.6) is 0 Å². The molecule has 1 aromatic carbocycles. The lowest BCUT2D eigenvalue weighted by Gasteiger charge is -2.19. The van der Waals surface area contributed by atoms with Crippen molar-refractivity contribution in [1.82, 2.24) is 5.32 Å². The number of nitrogens with one attached hydrogen (secondary N) is 2. The maximum atomic E-state index is 12.6. The van der Waals surface area contributed by atoms with Crippen LogP contribution >= 0.6 is 0 Å². The van der Waals surface area contributed by atoms with Gasteiger partial charge in [-0.05, 0) is 36.3 Å². The maximum absolute atomic E-state index is 12.6. The Morgan fingerprint density at radius 1 is 1.25 bits per heavy atom. The Balaban J connectivity index is 2.61. The predicted molar refractivity (Wildman–Crippen MR) is 87.9 cm³/mol. The van der Waals surface area contributed by atoms with E-state index in [9.17, 15) is 18.0 Å². The summed E-state index contributed by atoms with van der Waals surface area (Å²) in [5, 5.41) is 14.2. The van der Waals surface area contributed by atoms with Gasteiger partial charge in [0, 0.05) is 18.8 Å². The molecule has 1 atom stereocenters. The third-order valence-electron chi connectivity index (χ3n) is 3.55. The van der Waals surface area contributed by atoms with E-state index in [1.807, 2.05) is 0 Å². The molecule has 0 bridgehead atoms. The SMILES string of the molecule is CC(C)CC(CCO)CNC(=O)Nc1ccccc1CC(F)(F)F. The van der Waals surface area contributed by atoms with Crippen molar-refractivity contribution < 1.29 is 23.1 Å². The highest BCUT2D eigenvalue weighted by atomic mass is 19.4. The third-order valence-corrected chi connectivity index (χ3v) is 3.55. The fourth-order valence-corrected chi connectivity index (χ4v) is 2.57. The summed E-state index contributed by atoms with van der Waals surface area (Å²) in [6, 6.07) is 5.32. The molecule has 7 heteroatoms. The van der Waals surface area contributed by atoms with Crippen LogP contribution in [0.15, 0.2) is 24.3 Å². The molecule has 0 saturated heterocycles. The average molecular weight is 346 g/mol. The molecule has 0 saturated carbocycles. The second-order valence-electron chi connectivity index (χ2n) is 6.29. The first-order valence-corrected chi connectivity index (χ1v) is 8.01. The van der Waals surface area contributed by atoms with Crippen LogP contribution in [0.1, 0.15) is 32.3 Å². The number of amides is 2. The molecule has 1 aromatic rings. The van der Waals surface area contributed by atoms with Crippen molar-refractivity contribution in [2.24, 2.45) is 11.8 Å². The van der Waals surface area contributed by atoms with Crippen LogP contribution in [0, 0.1) is 11.8 Å². The standard InChI is InChI=1S/C17H25F3N2O2/c1-12(2)9-13(7-8-23)11-21-16(24)22-15-6-4-3-5-14(15)10-17(18,19)20/h3-6,12-13,23H,7-11H2,1-2H3,(H2,21,22,24). The number of hydrogen-bond acceptors (Lipinski definition) is 2. The molecule has 4 nitrogen and oxygen atoms in total. The summed E-state index contributed by atoms with van der Waals surface area (Å²) >= 11 is 0. The predicted octanol–water partition coefficient (Wildman–Crippen LogP) is 3.96. The number of aliphatic hydroxyl groups excluding tert-OH is 1. The van der Waals surface area contributed by atoms with Crippen LogP contribution in [0.25, 0.3) is 0 Å². The second kappa shape index (κ2) is 9.52. The molecule has 0 aliphatic heterocycles. The number of carbonyl (C=O) groups is 1. The number of benzene rings is 1. The Bertz CT molecular complexity index is 519. The molecular weight excluding hydrogens is 321 g/mol. The van der Waals surface area contributed by atoms with Crippen LogP contribution in [0.4, 0.5) is 23.7 Å². The number of halogens is 3. The zero-order valence-corrected chi connectivity index (χ0v) is 14.0. The van der Waals surface area contributed by atoms with Crippen molar-refractivity contribution >= 4 is 11.7 Å². The van der Waals surface area contributed by atoms with Crippen LogP contribution in [-0.4, -0.2) is 30.5 Å². The molecule has 0 aromatic heterocycles. The molecule has 0 aliphatic carbocycles. The Morgan fingerprint density at radius 3 is 2.50 bits per heavy atom. The highest BCUT2D eigenvalue weighted by molar-refractivity contribution is 5.90. The van der Waals surface area contributed by atoms with Crippen molar-refractivity contribution in [1.29, 1.82) is 0 Å². The second-order valence-corrected chi connectivity index (χ2v) is 6.29. The van der Waals surface area contributed by atoms with Gasteiger partial charge in [-0.25, -0.2) is 4.79 Å². The van der Waals surface area contributed by atoms with E-state index in [2.05, 4.69) is 24.5 Å². The van der Waals surface area contributed by atoms with Gasteiger partial charge in [0.15, 0.2) is 0 Å². The zero-order chi connectivity index (χ0) is 18.2. The number of para-hydroxylation sites is 1. The Kier molecular flexibility index (Phi) is 8.04. The largest absolute Gasteiger partial charge is 0.396 e.